The lowest BCUT2D eigenvalue weighted by atomic mass is 10.3. The number of pyridine rings is 1. The lowest BCUT2D eigenvalue weighted by Gasteiger charge is -2.10. The van der Waals surface area contributed by atoms with Gasteiger partial charge < -0.3 is 4.74 Å². The third-order valence-corrected chi connectivity index (χ3v) is 5.55. The third kappa shape index (κ3) is 4.03. The number of aromatic nitrogens is 1. The summed E-state index contributed by atoms with van der Waals surface area (Å²) in [4.78, 5) is 4.20. The van der Waals surface area contributed by atoms with E-state index in [-0.39, 0.29) is 11.4 Å². The van der Waals surface area contributed by atoms with Gasteiger partial charge in [-0.2, -0.15) is 0 Å². The number of halogens is 2. The number of rotatable bonds is 5. The first kappa shape index (κ1) is 16.4. The first-order valence-electron chi connectivity index (χ1n) is 5.86. The lowest BCUT2D eigenvalue weighted by molar-refractivity contribution is 0.392. The Morgan fingerprint density at radius 1 is 1.29 bits per heavy atom. The molecule has 112 valence electrons. The standard InChI is InChI=1S/C13H12Br2N2O3S/c1-20-13-9(3-2-6-16-13)8-17-21(18,19)12-5-4-10(14)7-11(12)15/h2-7,17H,8H2,1H3. The third-order valence-electron chi connectivity index (χ3n) is 2.68. The smallest absolute Gasteiger partial charge is 0.241 e. The molecule has 0 radical (unpaired) electrons. The zero-order valence-electron chi connectivity index (χ0n) is 11.0. The van der Waals surface area contributed by atoms with Crippen molar-refractivity contribution in [2.75, 3.05) is 7.11 Å². The molecule has 1 heterocycles. The van der Waals surface area contributed by atoms with Crippen LogP contribution in [0.25, 0.3) is 0 Å². The molecule has 0 aliphatic carbocycles. The van der Waals surface area contributed by atoms with Gasteiger partial charge in [-0.3, -0.25) is 0 Å². The predicted octanol–water partition coefficient (Wildman–Crippen LogP) is 3.09. The Balaban J connectivity index is 2.22. The number of hydrogen-bond donors (Lipinski definition) is 1. The van der Waals surface area contributed by atoms with Crippen molar-refractivity contribution in [2.24, 2.45) is 0 Å². The number of nitrogens with zero attached hydrogens (tertiary/aromatic N) is 1. The minimum absolute atomic E-state index is 0.0991. The number of nitrogens with one attached hydrogen (secondary N) is 1. The summed E-state index contributed by atoms with van der Waals surface area (Å²) in [6.45, 7) is 0.0991. The van der Waals surface area contributed by atoms with Crippen LogP contribution in [0.5, 0.6) is 5.88 Å². The predicted molar refractivity (Wildman–Crippen MR) is 86.7 cm³/mol. The van der Waals surface area contributed by atoms with Crippen LogP contribution in [0.3, 0.4) is 0 Å². The van der Waals surface area contributed by atoms with E-state index in [9.17, 15) is 8.42 Å². The first-order valence-corrected chi connectivity index (χ1v) is 8.93. The topological polar surface area (TPSA) is 68.3 Å². The molecule has 2 rings (SSSR count). The molecular weight excluding hydrogens is 424 g/mol. The van der Waals surface area contributed by atoms with Crippen molar-refractivity contribution in [3.05, 3.63) is 51.0 Å². The molecule has 21 heavy (non-hydrogen) atoms. The van der Waals surface area contributed by atoms with Gasteiger partial charge >= 0.3 is 0 Å². The van der Waals surface area contributed by atoms with E-state index in [0.29, 0.717) is 15.9 Å². The van der Waals surface area contributed by atoms with Crippen LogP contribution in [0.15, 0.2) is 50.4 Å². The van der Waals surface area contributed by atoms with Crippen molar-refractivity contribution in [3.63, 3.8) is 0 Å². The molecule has 0 atom stereocenters. The summed E-state index contributed by atoms with van der Waals surface area (Å²) in [7, 11) is -2.14. The second-order valence-electron chi connectivity index (χ2n) is 4.07. The van der Waals surface area contributed by atoms with Crippen LogP contribution in [0.2, 0.25) is 0 Å². The van der Waals surface area contributed by atoms with Crippen molar-refractivity contribution in [3.8, 4) is 5.88 Å². The average molecular weight is 436 g/mol. The minimum Gasteiger partial charge on any atom is -0.481 e. The maximum absolute atomic E-state index is 12.3. The molecule has 8 heteroatoms. The molecule has 0 fully saturated rings. The summed E-state index contributed by atoms with van der Waals surface area (Å²) in [5.41, 5.74) is 0.664. The van der Waals surface area contributed by atoms with Gasteiger partial charge in [0.1, 0.15) is 0 Å². The molecule has 1 aromatic carbocycles. The minimum atomic E-state index is -3.63. The summed E-state index contributed by atoms with van der Waals surface area (Å²) < 4.78 is 33.5. The monoisotopic (exact) mass is 434 g/mol. The van der Waals surface area contributed by atoms with Gasteiger partial charge in [0.15, 0.2) is 0 Å². The maximum Gasteiger partial charge on any atom is 0.241 e. The van der Waals surface area contributed by atoms with Gasteiger partial charge in [-0.25, -0.2) is 18.1 Å². The molecule has 1 N–H and O–H groups in total. The van der Waals surface area contributed by atoms with Crippen molar-refractivity contribution < 1.29 is 13.2 Å². The van der Waals surface area contributed by atoms with Crippen molar-refractivity contribution in [2.45, 2.75) is 11.4 Å². The van der Waals surface area contributed by atoms with E-state index in [4.69, 9.17) is 4.74 Å². The average Bonchev–Trinajstić information content (AvgIpc) is 2.45. The van der Waals surface area contributed by atoms with Crippen molar-refractivity contribution in [1.29, 1.82) is 0 Å². The highest BCUT2D eigenvalue weighted by atomic mass is 79.9. The maximum atomic E-state index is 12.3. The zero-order valence-corrected chi connectivity index (χ0v) is 15.0. The highest BCUT2D eigenvalue weighted by molar-refractivity contribution is 9.11. The van der Waals surface area contributed by atoms with Crippen LogP contribution in [0, 0.1) is 0 Å². The van der Waals surface area contributed by atoms with Gasteiger partial charge in [0.05, 0.1) is 12.0 Å². The van der Waals surface area contributed by atoms with E-state index >= 15 is 0 Å². The second-order valence-corrected chi connectivity index (χ2v) is 7.58. The summed E-state index contributed by atoms with van der Waals surface area (Å²) in [5, 5.41) is 0. The molecule has 0 aliphatic rings. The molecule has 5 nitrogen and oxygen atoms in total. The second kappa shape index (κ2) is 6.87. The Labute approximate surface area is 140 Å². The van der Waals surface area contributed by atoms with E-state index in [1.807, 2.05) is 0 Å². The molecule has 0 amide bonds. The van der Waals surface area contributed by atoms with Gasteiger partial charge in [0.2, 0.25) is 15.9 Å². The first-order chi connectivity index (χ1) is 9.94. The van der Waals surface area contributed by atoms with E-state index in [2.05, 4.69) is 41.6 Å². The van der Waals surface area contributed by atoms with Crippen LogP contribution in [0.1, 0.15) is 5.56 Å². The number of ether oxygens (including phenoxy) is 1. The van der Waals surface area contributed by atoms with Crippen LogP contribution in [-0.4, -0.2) is 20.5 Å². The Morgan fingerprint density at radius 2 is 2.05 bits per heavy atom. The number of hydrogen-bond acceptors (Lipinski definition) is 4. The molecule has 2 aromatic rings. The zero-order chi connectivity index (χ0) is 15.5. The summed E-state index contributed by atoms with van der Waals surface area (Å²) in [5.74, 6) is 0.398. The van der Waals surface area contributed by atoms with Crippen LogP contribution < -0.4 is 9.46 Å². The van der Waals surface area contributed by atoms with E-state index in [0.717, 1.165) is 4.47 Å². The SMILES string of the molecule is COc1ncccc1CNS(=O)(=O)c1ccc(Br)cc1Br. The molecule has 0 saturated heterocycles. The van der Waals surface area contributed by atoms with Crippen LogP contribution in [0.4, 0.5) is 0 Å². The fraction of sp³-hybridized carbons (Fsp3) is 0.154. The quantitative estimate of drug-likeness (QED) is 0.783. The summed E-state index contributed by atoms with van der Waals surface area (Å²) >= 11 is 6.54. The van der Waals surface area contributed by atoms with E-state index in [1.54, 1.807) is 30.5 Å². The van der Waals surface area contributed by atoms with Gasteiger partial charge in [0, 0.05) is 27.3 Å². The molecule has 0 spiro atoms. The Kier molecular flexibility index (Phi) is 5.37. The van der Waals surface area contributed by atoms with Crippen LogP contribution >= 0.6 is 31.9 Å². The number of sulfonamides is 1. The fourth-order valence-electron chi connectivity index (χ4n) is 1.69. The molecular formula is C13H12Br2N2O3S. The Hall–Kier alpha value is -0.960. The summed E-state index contributed by atoms with van der Waals surface area (Å²) in [6.07, 6.45) is 1.59. The molecule has 0 unspecified atom stereocenters. The number of methoxy groups -OCH3 is 1. The normalized spacial score (nSPS) is 11.4. The highest BCUT2D eigenvalue weighted by Gasteiger charge is 2.18. The van der Waals surface area contributed by atoms with Crippen LogP contribution in [-0.2, 0) is 16.6 Å². The summed E-state index contributed by atoms with van der Waals surface area (Å²) in [6, 6.07) is 8.35. The Bertz CT molecular complexity index is 751. The van der Waals surface area contributed by atoms with Gasteiger partial charge in [-0.15, -0.1) is 0 Å². The number of benzene rings is 1. The molecule has 0 aliphatic heterocycles. The molecule has 0 saturated carbocycles. The van der Waals surface area contributed by atoms with Gasteiger partial charge in [-0.05, 0) is 40.2 Å². The molecule has 0 bridgehead atoms. The van der Waals surface area contributed by atoms with E-state index in [1.165, 1.54) is 13.2 Å². The lowest BCUT2D eigenvalue weighted by Crippen LogP contribution is -2.24. The van der Waals surface area contributed by atoms with Crippen molar-refractivity contribution in [1.82, 2.24) is 9.71 Å². The fourth-order valence-corrected chi connectivity index (χ4v) is 4.44. The highest BCUT2D eigenvalue weighted by Crippen LogP contribution is 2.26. The van der Waals surface area contributed by atoms with Gasteiger partial charge in [0.25, 0.3) is 0 Å². The van der Waals surface area contributed by atoms with E-state index < -0.39 is 10.0 Å². The Morgan fingerprint density at radius 3 is 2.71 bits per heavy atom. The largest absolute Gasteiger partial charge is 0.481 e. The molecule has 1 aromatic heterocycles. The van der Waals surface area contributed by atoms with Gasteiger partial charge in [-0.1, -0.05) is 22.0 Å². The van der Waals surface area contributed by atoms with Crippen molar-refractivity contribution >= 4 is 41.9 Å².